The Morgan fingerprint density at radius 3 is 3.16 bits per heavy atom. The van der Waals surface area contributed by atoms with Crippen molar-refractivity contribution in [3.8, 4) is 0 Å². The highest BCUT2D eigenvalue weighted by molar-refractivity contribution is 5.90. The van der Waals surface area contributed by atoms with E-state index in [2.05, 4.69) is 9.88 Å². The molecule has 19 heavy (non-hydrogen) atoms. The number of carbonyl (C=O) groups excluding carboxylic acids is 1. The molecule has 0 aromatic carbocycles. The molecule has 2 heterocycles. The number of ether oxygens (including phenoxy) is 1. The number of hydrogen-bond donors (Lipinski definition) is 1. The Hall–Kier alpha value is -1.62. The van der Waals surface area contributed by atoms with E-state index in [1.54, 1.807) is 18.3 Å². The average Bonchev–Trinajstić information content (AvgIpc) is 2.47. The van der Waals surface area contributed by atoms with Gasteiger partial charge in [-0.05, 0) is 44.4 Å². The summed E-state index contributed by atoms with van der Waals surface area (Å²) in [6, 6.07) is 3.91. The van der Waals surface area contributed by atoms with E-state index in [1.807, 2.05) is 0 Å². The first-order chi connectivity index (χ1) is 9.26. The molecular formula is C14H21N3O2. The van der Waals surface area contributed by atoms with Crippen molar-refractivity contribution in [2.24, 2.45) is 5.73 Å². The Bertz CT molecular complexity index is 434. The summed E-state index contributed by atoms with van der Waals surface area (Å²) < 4.78 is 4.75. The number of aromatic nitrogens is 1. The number of carbonyl (C=O) groups is 1. The van der Waals surface area contributed by atoms with Gasteiger partial charge in [0.05, 0.1) is 12.7 Å². The van der Waals surface area contributed by atoms with Crippen LogP contribution in [0.5, 0.6) is 0 Å². The number of piperidine rings is 1. The van der Waals surface area contributed by atoms with Gasteiger partial charge in [0, 0.05) is 18.8 Å². The number of nitrogens with two attached hydrogens (primary N) is 1. The lowest BCUT2D eigenvalue weighted by Gasteiger charge is -2.36. The van der Waals surface area contributed by atoms with E-state index in [-0.39, 0.29) is 5.97 Å². The quantitative estimate of drug-likeness (QED) is 0.835. The fourth-order valence-corrected chi connectivity index (χ4v) is 2.61. The molecule has 1 atom stereocenters. The number of rotatable bonds is 4. The monoisotopic (exact) mass is 263 g/mol. The van der Waals surface area contributed by atoms with Crippen molar-refractivity contribution in [3.05, 3.63) is 23.9 Å². The molecule has 0 bridgehead atoms. The fourth-order valence-electron chi connectivity index (χ4n) is 2.61. The lowest BCUT2D eigenvalue weighted by molar-refractivity contribution is 0.0600. The normalized spacial score (nSPS) is 19.3. The molecule has 5 nitrogen and oxygen atoms in total. The van der Waals surface area contributed by atoms with Gasteiger partial charge in [-0.3, -0.25) is 0 Å². The average molecular weight is 263 g/mol. The van der Waals surface area contributed by atoms with E-state index in [9.17, 15) is 4.79 Å². The third-order valence-electron chi connectivity index (χ3n) is 3.59. The van der Waals surface area contributed by atoms with Crippen molar-refractivity contribution < 1.29 is 9.53 Å². The zero-order valence-electron chi connectivity index (χ0n) is 11.3. The minimum Gasteiger partial charge on any atom is -0.465 e. The first-order valence-electron chi connectivity index (χ1n) is 6.77. The van der Waals surface area contributed by atoms with Gasteiger partial charge in [0.1, 0.15) is 5.82 Å². The molecule has 1 aromatic rings. The molecule has 0 aliphatic carbocycles. The Labute approximate surface area is 113 Å². The summed E-state index contributed by atoms with van der Waals surface area (Å²) in [5.41, 5.74) is 6.22. The van der Waals surface area contributed by atoms with Gasteiger partial charge in [0.25, 0.3) is 0 Å². The van der Waals surface area contributed by atoms with Crippen LogP contribution < -0.4 is 10.6 Å². The van der Waals surface area contributed by atoms with Gasteiger partial charge in [-0.15, -0.1) is 0 Å². The predicted molar refractivity (Wildman–Crippen MR) is 74.2 cm³/mol. The van der Waals surface area contributed by atoms with Crippen LogP contribution in [-0.4, -0.2) is 37.2 Å². The molecule has 104 valence electrons. The topological polar surface area (TPSA) is 68.5 Å². The summed E-state index contributed by atoms with van der Waals surface area (Å²) in [6.07, 6.45) is 6.16. The molecule has 1 saturated heterocycles. The first kappa shape index (κ1) is 13.8. The number of methoxy groups -OCH3 is 1. The first-order valence-corrected chi connectivity index (χ1v) is 6.77. The zero-order chi connectivity index (χ0) is 13.7. The lowest BCUT2D eigenvalue weighted by atomic mass is 9.99. The molecule has 5 heteroatoms. The molecule has 2 rings (SSSR count). The van der Waals surface area contributed by atoms with Crippen LogP contribution >= 0.6 is 0 Å². The Morgan fingerprint density at radius 1 is 1.58 bits per heavy atom. The van der Waals surface area contributed by atoms with Crippen molar-refractivity contribution in [2.45, 2.75) is 31.7 Å². The maximum atomic E-state index is 11.6. The van der Waals surface area contributed by atoms with Crippen LogP contribution in [0.2, 0.25) is 0 Å². The van der Waals surface area contributed by atoms with E-state index < -0.39 is 0 Å². The van der Waals surface area contributed by atoms with E-state index in [1.165, 1.54) is 13.5 Å². The summed E-state index contributed by atoms with van der Waals surface area (Å²) in [7, 11) is 1.39. The van der Waals surface area contributed by atoms with E-state index in [0.717, 1.165) is 31.6 Å². The third-order valence-corrected chi connectivity index (χ3v) is 3.59. The molecule has 1 unspecified atom stereocenters. The molecule has 2 N–H and O–H groups in total. The van der Waals surface area contributed by atoms with Crippen molar-refractivity contribution in [2.75, 3.05) is 25.1 Å². The highest BCUT2D eigenvalue weighted by atomic mass is 16.5. The molecule has 0 saturated carbocycles. The third kappa shape index (κ3) is 3.23. The van der Waals surface area contributed by atoms with Crippen molar-refractivity contribution in [1.29, 1.82) is 0 Å². The highest BCUT2D eigenvalue weighted by Gasteiger charge is 2.23. The number of pyridine rings is 1. The van der Waals surface area contributed by atoms with Crippen LogP contribution in [-0.2, 0) is 4.74 Å². The molecule has 0 radical (unpaired) electrons. The minimum atomic E-state index is -0.323. The zero-order valence-corrected chi connectivity index (χ0v) is 11.3. The van der Waals surface area contributed by atoms with Gasteiger partial charge in [0.15, 0.2) is 0 Å². The standard InChI is InChI=1S/C14H21N3O2/c1-19-14(18)11-6-8-16-13(10-11)17-9-3-2-4-12(17)5-7-15/h6,8,10,12H,2-5,7,9,15H2,1H3. The number of anilines is 1. The van der Waals surface area contributed by atoms with E-state index in [0.29, 0.717) is 18.2 Å². The molecule has 1 fully saturated rings. The van der Waals surface area contributed by atoms with Crippen LogP contribution in [0.15, 0.2) is 18.3 Å². The molecule has 0 spiro atoms. The maximum Gasteiger partial charge on any atom is 0.338 e. The van der Waals surface area contributed by atoms with Gasteiger partial charge in [0.2, 0.25) is 0 Å². The van der Waals surface area contributed by atoms with Gasteiger partial charge >= 0.3 is 5.97 Å². The van der Waals surface area contributed by atoms with Gasteiger partial charge in [-0.2, -0.15) is 0 Å². The van der Waals surface area contributed by atoms with Gasteiger partial charge in [-0.1, -0.05) is 0 Å². The van der Waals surface area contributed by atoms with Gasteiger partial charge < -0.3 is 15.4 Å². The van der Waals surface area contributed by atoms with Crippen LogP contribution in [0, 0.1) is 0 Å². The van der Waals surface area contributed by atoms with Crippen molar-refractivity contribution in [1.82, 2.24) is 4.98 Å². The second-order valence-corrected chi connectivity index (χ2v) is 4.81. The smallest absolute Gasteiger partial charge is 0.338 e. The fraction of sp³-hybridized carbons (Fsp3) is 0.571. The Balaban J connectivity index is 2.21. The largest absolute Gasteiger partial charge is 0.465 e. The van der Waals surface area contributed by atoms with Crippen LogP contribution in [0.1, 0.15) is 36.0 Å². The molecule has 0 amide bonds. The summed E-state index contributed by atoms with van der Waals surface area (Å²) in [5.74, 6) is 0.525. The maximum absolute atomic E-state index is 11.6. The van der Waals surface area contributed by atoms with Crippen molar-refractivity contribution in [3.63, 3.8) is 0 Å². The molecule has 1 aliphatic rings. The molecule has 1 aliphatic heterocycles. The highest BCUT2D eigenvalue weighted by Crippen LogP contribution is 2.25. The van der Waals surface area contributed by atoms with Crippen molar-refractivity contribution >= 4 is 11.8 Å². The van der Waals surface area contributed by atoms with Gasteiger partial charge in [-0.25, -0.2) is 9.78 Å². The number of nitrogens with zero attached hydrogens (tertiary/aromatic N) is 2. The SMILES string of the molecule is COC(=O)c1ccnc(N2CCCCC2CCN)c1. The number of hydrogen-bond acceptors (Lipinski definition) is 5. The minimum absolute atomic E-state index is 0.323. The van der Waals surface area contributed by atoms with E-state index >= 15 is 0 Å². The van der Waals surface area contributed by atoms with E-state index in [4.69, 9.17) is 10.5 Å². The molecular weight excluding hydrogens is 242 g/mol. The summed E-state index contributed by atoms with van der Waals surface area (Å²) >= 11 is 0. The van der Waals surface area contributed by atoms with Crippen LogP contribution in [0.4, 0.5) is 5.82 Å². The Kier molecular flexibility index (Phi) is 4.74. The summed E-state index contributed by atoms with van der Waals surface area (Å²) in [6.45, 7) is 1.65. The lowest BCUT2D eigenvalue weighted by Crippen LogP contribution is -2.41. The summed E-state index contributed by atoms with van der Waals surface area (Å²) in [5, 5.41) is 0. The predicted octanol–water partition coefficient (Wildman–Crippen LogP) is 1.58. The second kappa shape index (κ2) is 6.52. The van der Waals surface area contributed by atoms with Crippen LogP contribution in [0.3, 0.4) is 0 Å². The number of esters is 1. The Morgan fingerprint density at radius 2 is 2.42 bits per heavy atom. The second-order valence-electron chi connectivity index (χ2n) is 4.81. The summed E-state index contributed by atoms with van der Waals surface area (Å²) in [4.78, 5) is 18.2. The molecule has 1 aromatic heterocycles. The van der Waals surface area contributed by atoms with Crippen LogP contribution in [0.25, 0.3) is 0 Å².